The van der Waals surface area contributed by atoms with Gasteiger partial charge < -0.3 is 10.1 Å². The number of aryl methyl sites for hydroxylation is 1. The molecule has 0 aliphatic carbocycles. The van der Waals surface area contributed by atoms with Crippen molar-refractivity contribution in [3.05, 3.63) is 52.2 Å². The standard InChI is InChI=1S/C12H14N2O2/c1-8-7-13-12(16)14(8)11-5-3-10(4-6-11)9(2)15/h3-7,9,15H,1-2H3,(H,13,16). The van der Waals surface area contributed by atoms with Crippen molar-refractivity contribution in [3.8, 4) is 5.69 Å². The third-order valence-corrected chi connectivity index (χ3v) is 2.59. The Balaban J connectivity index is 2.46. The molecule has 0 fully saturated rings. The number of rotatable bonds is 2. The normalized spacial score (nSPS) is 12.7. The zero-order valence-corrected chi connectivity index (χ0v) is 9.27. The van der Waals surface area contributed by atoms with Crippen LogP contribution >= 0.6 is 0 Å². The Labute approximate surface area is 93.2 Å². The minimum absolute atomic E-state index is 0.151. The number of aliphatic hydroxyl groups is 1. The minimum Gasteiger partial charge on any atom is -0.389 e. The van der Waals surface area contributed by atoms with Gasteiger partial charge >= 0.3 is 5.69 Å². The zero-order valence-electron chi connectivity index (χ0n) is 9.27. The van der Waals surface area contributed by atoms with E-state index >= 15 is 0 Å². The minimum atomic E-state index is -0.488. The predicted molar refractivity (Wildman–Crippen MR) is 61.8 cm³/mol. The first-order valence-electron chi connectivity index (χ1n) is 5.15. The lowest BCUT2D eigenvalue weighted by Gasteiger charge is -2.07. The zero-order chi connectivity index (χ0) is 11.7. The molecule has 0 amide bonds. The van der Waals surface area contributed by atoms with Gasteiger partial charge in [-0.05, 0) is 31.5 Å². The predicted octanol–water partition coefficient (Wildman–Crippen LogP) is 1.53. The summed E-state index contributed by atoms with van der Waals surface area (Å²) in [5.41, 5.74) is 2.34. The molecule has 1 aromatic carbocycles. The number of nitrogens with zero attached hydrogens (tertiary/aromatic N) is 1. The van der Waals surface area contributed by atoms with Crippen molar-refractivity contribution in [2.75, 3.05) is 0 Å². The summed E-state index contributed by atoms with van der Waals surface area (Å²) in [4.78, 5) is 14.1. The van der Waals surface area contributed by atoms with Crippen LogP contribution in [0.15, 0.2) is 35.3 Å². The number of aromatic nitrogens is 2. The van der Waals surface area contributed by atoms with Crippen LogP contribution in [0.25, 0.3) is 5.69 Å². The second-order valence-electron chi connectivity index (χ2n) is 3.84. The van der Waals surface area contributed by atoms with E-state index in [1.807, 2.05) is 31.2 Å². The summed E-state index contributed by atoms with van der Waals surface area (Å²) in [7, 11) is 0. The van der Waals surface area contributed by atoms with Crippen molar-refractivity contribution in [1.29, 1.82) is 0 Å². The first-order valence-corrected chi connectivity index (χ1v) is 5.15. The van der Waals surface area contributed by atoms with Gasteiger partial charge in [-0.25, -0.2) is 4.79 Å². The molecule has 0 saturated heterocycles. The molecular weight excluding hydrogens is 204 g/mol. The van der Waals surface area contributed by atoms with E-state index in [1.165, 1.54) is 0 Å². The van der Waals surface area contributed by atoms with Gasteiger partial charge in [-0.15, -0.1) is 0 Å². The molecule has 4 heteroatoms. The molecule has 84 valence electrons. The van der Waals surface area contributed by atoms with E-state index in [-0.39, 0.29) is 5.69 Å². The van der Waals surface area contributed by atoms with Crippen LogP contribution in [-0.2, 0) is 0 Å². The SMILES string of the molecule is Cc1c[nH]c(=O)n1-c1ccc(C(C)O)cc1. The van der Waals surface area contributed by atoms with Gasteiger partial charge in [-0.3, -0.25) is 4.57 Å². The van der Waals surface area contributed by atoms with Gasteiger partial charge in [0, 0.05) is 11.9 Å². The summed E-state index contributed by atoms with van der Waals surface area (Å²) in [6.07, 6.45) is 1.18. The van der Waals surface area contributed by atoms with Crippen molar-refractivity contribution in [3.63, 3.8) is 0 Å². The van der Waals surface area contributed by atoms with Crippen LogP contribution in [0.3, 0.4) is 0 Å². The van der Waals surface area contributed by atoms with Gasteiger partial charge in [0.1, 0.15) is 0 Å². The summed E-state index contributed by atoms with van der Waals surface area (Å²) in [5, 5.41) is 9.38. The lowest BCUT2D eigenvalue weighted by Crippen LogP contribution is -2.15. The highest BCUT2D eigenvalue weighted by molar-refractivity contribution is 5.36. The van der Waals surface area contributed by atoms with Crippen LogP contribution in [0, 0.1) is 6.92 Å². The molecule has 0 radical (unpaired) electrons. The van der Waals surface area contributed by atoms with Crippen LogP contribution < -0.4 is 5.69 Å². The Hall–Kier alpha value is -1.81. The topological polar surface area (TPSA) is 58.0 Å². The highest BCUT2D eigenvalue weighted by atomic mass is 16.3. The number of nitrogens with one attached hydrogen (secondary N) is 1. The number of benzene rings is 1. The van der Waals surface area contributed by atoms with Crippen molar-refractivity contribution in [2.45, 2.75) is 20.0 Å². The quantitative estimate of drug-likeness (QED) is 0.803. The lowest BCUT2D eigenvalue weighted by atomic mass is 10.1. The Morgan fingerprint density at radius 1 is 1.31 bits per heavy atom. The molecule has 0 saturated carbocycles. The van der Waals surface area contributed by atoms with E-state index < -0.39 is 6.10 Å². The van der Waals surface area contributed by atoms with Crippen LogP contribution in [0.2, 0.25) is 0 Å². The number of aliphatic hydroxyl groups excluding tert-OH is 1. The van der Waals surface area contributed by atoms with Crippen molar-refractivity contribution in [2.24, 2.45) is 0 Å². The second-order valence-corrected chi connectivity index (χ2v) is 3.84. The van der Waals surface area contributed by atoms with Gasteiger partial charge in [-0.1, -0.05) is 12.1 Å². The Morgan fingerprint density at radius 3 is 2.38 bits per heavy atom. The van der Waals surface area contributed by atoms with Crippen LogP contribution in [0.4, 0.5) is 0 Å². The summed E-state index contributed by atoms with van der Waals surface area (Å²) < 4.78 is 1.59. The summed E-state index contributed by atoms with van der Waals surface area (Å²) in [5.74, 6) is 0. The maximum atomic E-state index is 11.5. The van der Waals surface area contributed by atoms with E-state index in [9.17, 15) is 9.90 Å². The van der Waals surface area contributed by atoms with Gasteiger partial charge in [-0.2, -0.15) is 0 Å². The lowest BCUT2D eigenvalue weighted by molar-refractivity contribution is 0.199. The molecule has 2 aromatic rings. The first kappa shape index (κ1) is 10.7. The number of aromatic amines is 1. The van der Waals surface area contributed by atoms with Crippen molar-refractivity contribution >= 4 is 0 Å². The van der Waals surface area contributed by atoms with Crippen molar-refractivity contribution < 1.29 is 5.11 Å². The summed E-state index contributed by atoms with van der Waals surface area (Å²) in [6.45, 7) is 3.57. The molecule has 1 unspecified atom stereocenters. The monoisotopic (exact) mass is 218 g/mol. The molecule has 2 rings (SSSR count). The van der Waals surface area contributed by atoms with Crippen LogP contribution in [-0.4, -0.2) is 14.7 Å². The summed E-state index contributed by atoms with van der Waals surface area (Å²) in [6, 6.07) is 7.28. The number of hydrogen-bond acceptors (Lipinski definition) is 2. The fraction of sp³-hybridized carbons (Fsp3) is 0.250. The van der Waals surface area contributed by atoms with Crippen LogP contribution in [0.1, 0.15) is 24.3 Å². The van der Waals surface area contributed by atoms with E-state index in [4.69, 9.17) is 0 Å². The van der Waals surface area contributed by atoms with E-state index in [0.717, 1.165) is 16.9 Å². The Bertz CT molecular complexity index is 535. The smallest absolute Gasteiger partial charge is 0.330 e. The molecule has 0 aliphatic heterocycles. The molecule has 0 spiro atoms. The van der Waals surface area contributed by atoms with Gasteiger partial charge in [0.2, 0.25) is 0 Å². The van der Waals surface area contributed by atoms with Gasteiger partial charge in [0.15, 0.2) is 0 Å². The number of imidazole rings is 1. The third-order valence-electron chi connectivity index (χ3n) is 2.59. The first-order chi connectivity index (χ1) is 7.59. The van der Waals surface area contributed by atoms with Crippen molar-refractivity contribution in [1.82, 2.24) is 9.55 Å². The molecule has 1 atom stereocenters. The third kappa shape index (κ3) is 1.79. The molecule has 0 aliphatic rings. The van der Waals surface area contributed by atoms with Gasteiger partial charge in [0.25, 0.3) is 0 Å². The highest BCUT2D eigenvalue weighted by Crippen LogP contribution is 2.15. The molecule has 0 bridgehead atoms. The van der Waals surface area contributed by atoms with E-state index in [0.29, 0.717) is 0 Å². The fourth-order valence-corrected chi connectivity index (χ4v) is 1.68. The molecule has 16 heavy (non-hydrogen) atoms. The number of H-pyrrole nitrogens is 1. The van der Waals surface area contributed by atoms with E-state index in [2.05, 4.69) is 4.98 Å². The average Bonchev–Trinajstić information content (AvgIpc) is 2.59. The second kappa shape index (κ2) is 3.98. The highest BCUT2D eigenvalue weighted by Gasteiger charge is 2.05. The van der Waals surface area contributed by atoms with E-state index in [1.54, 1.807) is 17.7 Å². The maximum Gasteiger partial charge on any atom is 0.330 e. The molecule has 2 N–H and O–H groups in total. The number of hydrogen-bond donors (Lipinski definition) is 2. The molecule has 4 nitrogen and oxygen atoms in total. The largest absolute Gasteiger partial charge is 0.389 e. The molecule has 1 aromatic heterocycles. The summed E-state index contributed by atoms with van der Waals surface area (Å²) >= 11 is 0. The molecular formula is C12H14N2O2. The van der Waals surface area contributed by atoms with Crippen LogP contribution in [0.5, 0.6) is 0 Å². The Morgan fingerprint density at radius 2 is 1.94 bits per heavy atom. The van der Waals surface area contributed by atoms with Gasteiger partial charge in [0.05, 0.1) is 11.8 Å². The molecule has 1 heterocycles. The fourth-order valence-electron chi connectivity index (χ4n) is 1.68. The average molecular weight is 218 g/mol. The Kier molecular flexibility index (Phi) is 2.66. The maximum absolute atomic E-state index is 11.5.